The van der Waals surface area contributed by atoms with Crippen LogP contribution in [-0.2, 0) is 10.3 Å². The number of nitrogens with one attached hydrogen (secondary N) is 1. The number of carbonyl (C=O) groups excluding carboxylic acids is 1. The Kier molecular flexibility index (Phi) is 4.79. The van der Waals surface area contributed by atoms with E-state index in [4.69, 9.17) is 9.15 Å². The van der Waals surface area contributed by atoms with Crippen LogP contribution >= 0.6 is 11.3 Å². The van der Waals surface area contributed by atoms with Crippen molar-refractivity contribution in [2.75, 3.05) is 19.8 Å². The van der Waals surface area contributed by atoms with Crippen molar-refractivity contribution in [2.45, 2.75) is 31.3 Å². The summed E-state index contributed by atoms with van der Waals surface area (Å²) >= 11 is 1.51. The first-order valence-electron chi connectivity index (χ1n) is 7.63. The van der Waals surface area contributed by atoms with E-state index in [0.717, 1.165) is 18.4 Å². The maximum atomic E-state index is 12.2. The number of hydrogen-bond donors (Lipinski definition) is 2. The Labute approximate surface area is 138 Å². The number of rotatable bonds is 5. The average molecular weight is 336 g/mol. The van der Waals surface area contributed by atoms with E-state index < -0.39 is 5.60 Å². The summed E-state index contributed by atoms with van der Waals surface area (Å²) in [7, 11) is 0. The number of thiophene rings is 1. The molecule has 1 fully saturated rings. The second-order valence-corrected chi connectivity index (χ2v) is 6.71. The molecule has 1 saturated heterocycles. The Morgan fingerprint density at radius 2 is 2.30 bits per heavy atom. The van der Waals surface area contributed by atoms with Crippen molar-refractivity contribution in [1.29, 1.82) is 0 Å². The van der Waals surface area contributed by atoms with E-state index in [0.29, 0.717) is 19.1 Å². The molecule has 0 aliphatic carbocycles. The van der Waals surface area contributed by atoms with Crippen LogP contribution in [0.15, 0.2) is 27.5 Å². The predicted molar refractivity (Wildman–Crippen MR) is 85.5 cm³/mol. The number of ether oxygens (including phenoxy) is 1. The third kappa shape index (κ3) is 3.80. The highest BCUT2D eigenvalue weighted by molar-refractivity contribution is 7.08. The summed E-state index contributed by atoms with van der Waals surface area (Å²) in [4.78, 5) is 16.5. The topological polar surface area (TPSA) is 84.6 Å². The lowest BCUT2D eigenvalue weighted by molar-refractivity contribution is 0.0528. The van der Waals surface area contributed by atoms with Gasteiger partial charge in [-0.1, -0.05) is 0 Å². The fourth-order valence-electron chi connectivity index (χ4n) is 2.54. The molecular weight excluding hydrogens is 316 g/mol. The molecule has 7 heteroatoms. The molecule has 2 N–H and O–H groups in total. The maximum Gasteiger partial charge on any atom is 0.273 e. The van der Waals surface area contributed by atoms with Crippen molar-refractivity contribution in [3.8, 4) is 0 Å². The molecule has 0 aromatic carbocycles. The van der Waals surface area contributed by atoms with Crippen LogP contribution in [0.1, 0.15) is 47.6 Å². The van der Waals surface area contributed by atoms with Crippen LogP contribution in [0.4, 0.5) is 0 Å². The monoisotopic (exact) mass is 336 g/mol. The Bertz CT molecular complexity index is 645. The summed E-state index contributed by atoms with van der Waals surface area (Å²) in [5.74, 6) is 0.449. The molecule has 1 atom stereocenters. The van der Waals surface area contributed by atoms with Crippen LogP contribution in [0.25, 0.3) is 0 Å². The van der Waals surface area contributed by atoms with Gasteiger partial charge in [0.2, 0.25) is 0 Å². The minimum atomic E-state index is -1.11. The third-order valence-electron chi connectivity index (χ3n) is 4.06. The molecule has 3 heterocycles. The van der Waals surface area contributed by atoms with Crippen molar-refractivity contribution >= 4 is 17.2 Å². The quantitative estimate of drug-likeness (QED) is 0.875. The van der Waals surface area contributed by atoms with E-state index in [9.17, 15) is 9.90 Å². The molecule has 1 unspecified atom stereocenters. The van der Waals surface area contributed by atoms with Gasteiger partial charge in [-0.2, -0.15) is 11.3 Å². The lowest BCUT2D eigenvalue weighted by atomic mass is 9.99. The van der Waals surface area contributed by atoms with Crippen LogP contribution in [0.2, 0.25) is 0 Å². The lowest BCUT2D eigenvalue weighted by Crippen LogP contribution is -2.38. The second kappa shape index (κ2) is 6.82. The molecule has 23 heavy (non-hydrogen) atoms. The van der Waals surface area contributed by atoms with Gasteiger partial charge in [0.1, 0.15) is 11.9 Å². The van der Waals surface area contributed by atoms with E-state index in [1.807, 2.05) is 16.8 Å². The Morgan fingerprint density at radius 1 is 1.52 bits per heavy atom. The molecule has 124 valence electrons. The van der Waals surface area contributed by atoms with E-state index in [1.54, 1.807) is 6.92 Å². The molecule has 0 radical (unpaired) electrons. The maximum absolute atomic E-state index is 12.2. The lowest BCUT2D eigenvalue weighted by Gasteiger charge is -2.22. The number of aliphatic hydroxyl groups is 1. The first-order chi connectivity index (χ1) is 11.1. The molecule has 1 aliphatic heterocycles. The van der Waals surface area contributed by atoms with Gasteiger partial charge in [0.25, 0.3) is 5.91 Å². The molecule has 0 saturated carbocycles. The Morgan fingerprint density at radius 3 is 3.00 bits per heavy atom. The zero-order chi connectivity index (χ0) is 16.3. The normalized spacial score (nSPS) is 18.5. The first-order valence-corrected chi connectivity index (χ1v) is 8.57. The SMILES string of the molecule is CC(O)(CNC(=O)c1coc(C2CCOCC2)n1)c1ccsc1. The smallest absolute Gasteiger partial charge is 0.273 e. The van der Waals surface area contributed by atoms with Gasteiger partial charge in [-0.05, 0) is 42.2 Å². The largest absolute Gasteiger partial charge is 0.448 e. The number of hydrogen-bond acceptors (Lipinski definition) is 6. The van der Waals surface area contributed by atoms with E-state index in [1.165, 1.54) is 17.6 Å². The molecule has 2 aromatic rings. The van der Waals surface area contributed by atoms with E-state index in [2.05, 4.69) is 10.3 Å². The van der Waals surface area contributed by atoms with E-state index in [-0.39, 0.29) is 24.1 Å². The highest BCUT2D eigenvalue weighted by atomic mass is 32.1. The Balaban J connectivity index is 1.59. The average Bonchev–Trinajstić information content (AvgIpc) is 3.25. The summed E-state index contributed by atoms with van der Waals surface area (Å²) in [5.41, 5.74) is -0.0819. The van der Waals surface area contributed by atoms with Gasteiger partial charge >= 0.3 is 0 Å². The predicted octanol–water partition coefficient (Wildman–Crippen LogP) is 2.27. The summed E-state index contributed by atoms with van der Waals surface area (Å²) < 4.78 is 10.8. The van der Waals surface area contributed by atoms with Crippen molar-refractivity contribution < 1.29 is 19.1 Å². The summed E-state index contributed by atoms with van der Waals surface area (Å²) in [6, 6.07) is 1.84. The third-order valence-corrected chi connectivity index (χ3v) is 4.74. The standard InChI is InChI=1S/C16H20N2O4S/c1-16(20,12-4-7-23-9-12)10-17-14(19)13-8-22-15(18-13)11-2-5-21-6-3-11/h4,7-9,11,20H,2-3,5-6,10H2,1H3,(H,17,19). The summed E-state index contributed by atoms with van der Waals surface area (Å²) in [6.07, 6.45) is 3.09. The minimum Gasteiger partial charge on any atom is -0.448 e. The van der Waals surface area contributed by atoms with Gasteiger partial charge in [-0.3, -0.25) is 4.79 Å². The van der Waals surface area contributed by atoms with Crippen LogP contribution in [0, 0.1) is 0 Å². The van der Waals surface area contributed by atoms with Crippen LogP contribution in [-0.4, -0.2) is 35.8 Å². The van der Waals surface area contributed by atoms with Gasteiger partial charge in [-0.15, -0.1) is 0 Å². The number of carbonyl (C=O) groups is 1. The first kappa shape index (κ1) is 16.2. The number of amides is 1. The molecule has 0 spiro atoms. The fourth-order valence-corrected chi connectivity index (χ4v) is 3.32. The summed E-state index contributed by atoms with van der Waals surface area (Å²) in [5, 5.41) is 16.9. The van der Waals surface area contributed by atoms with Crippen LogP contribution in [0.3, 0.4) is 0 Å². The molecule has 3 rings (SSSR count). The number of aromatic nitrogens is 1. The number of oxazole rings is 1. The zero-order valence-corrected chi connectivity index (χ0v) is 13.8. The molecule has 6 nitrogen and oxygen atoms in total. The van der Waals surface area contributed by atoms with Gasteiger partial charge in [-0.25, -0.2) is 4.98 Å². The molecular formula is C16H20N2O4S. The second-order valence-electron chi connectivity index (χ2n) is 5.93. The van der Waals surface area contributed by atoms with Crippen molar-refractivity contribution in [2.24, 2.45) is 0 Å². The molecule has 0 bridgehead atoms. The minimum absolute atomic E-state index is 0.113. The zero-order valence-electron chi connectivity index (χ0n) is 12.9. The highest BCUT2D eigenvalue weighted by Gasteiger charge is 2.26. The summed E-state index contributed by atoms with van der Waals surface area (Å²) in [6.45, 7) is 3.17. The van der Waals surface area contributed by atoms with Crippen molar-refractivity contribution in [3.05, 3.63) is 40.2 Å². The van der Waals surface area contributed by atoms with Gasteiger partial charge in [0.05, 0.1) is 6.54 Å². The Hall–Kier alpha value is -1.70. The fraction of sp³-hybridized carbons (Fsp3) is 0.500. The van der Waals surface area contributed by atoms with Gasteiger partial charge in [0, 0.05) is 19.1 Å². The van der Waals surface area contributed by atoms with Crippen molar-refractivity contribution in [3.63, 3.8) is 0 Å². The molecule has 1 aliphatic rings. The van der Waals surface area contributed by atoms with Gasteiger partial charge < -0.3 is 19.6 Å². The highest BCUT2D eigenvalue weighted by Crippen LogP contribution is 2.26. The molecule has 1 amide bonds. The van der Waals surface area contributed by atoms with Gasteiger partial charge in [0.15, 0.2) is 11.6 Å². The van der Waals surface area contributed by atoms with Crippen LogP contribution in [0.5, 0.6) is 0 Å². The van der Waals surface area contributed by atoms with E-state index >= 15 is 0 Å². The van der Waals surface area contributed by atoms with Crippen molar-refractivity contribution in [1.82, 2.24) is 10.3 Å². The number of nitrogens with zero attached hydrogens (tertiary/aromatic N) is 1. The molecule has 2 aromatic heterocycles. The van der Waals surface area contributed by atoms with Crippen LogP contribution < -0.4 is 5.32 Å².